The number of carbonyl (C=O) groups is 3. The molecule has 1 saturated heterocycles. The predicted octanol–water partition coefficient (Wildman–Crippen LogP) is 8.08. The van der Waals surface area contributed by atoms with Crippen molar-refractivity contribution in [1.82, 2.24) is 20.9 Å². The third kappa shape index (κ3) is 15.4. The number of likely N-dealkylation sites (tertiary alicyclic amines) is 1. The predicted molar refractivity (Wildman–Crippen MR) is 204 cm³/mol. The normalized spacial score (nSPS) is 20.0. The summed E-state index contributed by atoms with van der Waals surface area (Å²) in [6.07, 6.45) is 8.70. The van der Waals surface area contributed by atoms with Crippen LogP contribution >= 0.6 is 0 Å². The molecule has 5 N–H and O–H groups in total. The number of amides is 3. The van der Waals surface area contributed by atoms with Crippen molar-refractivity contribution in [2.24, 2.45) is 33.8 Å². The first-order valence-corrected chi connectivity index (χ1v) is 18.9. The summed E-state index contributed by atoms with van der Waals surface area (Å²) in [5, 5.41) is 10.1. The van der Waals surface area contributed by atoms with Crippen LogP contribution < -0.4 is 21.7 Å². The molecular weight excluding hydrogens is 598 g/mol. The molecule has 280 valence electrons. The molecule has 0 bridgehead atoms. The van der Waals surface area contributed by atoms with Crippen LogP contribution in [0.2, 0.25) is 0 Å². The molecule has 3 amide bonds. The summed E-state index contributed by atoms with van der Waals surface area (Å²) >= 11 is 0. The summed E-state index contributed by atoms with van der Waals surface area (Å²) in [5.41, 5.74) is 5.57. The van der Waals surface area contributed by atoms with Gasteiger partial charge in [0.15, 0.2) is 0 Å². The number of hydrogen-bond donors (Lipinski definition) is 4. The van der Waals surface area contributed by atoms with Gasteiger partial charge in [0.25, 0.3) is 0 Å². The van der Waals surface area contributed by atoms with Gasteiger partial charge in [-0.3, -0.25) is 14.4 Å². The van der Waals surface area contributed by atoms with Gasteiger partial charge in [-0.1, -0.05) is 142 Å². The fraction of sp³-hybridized carbons (Fsp3) is 0.825. The zero-order chi connectivity index (χ0) is 37.6. The molecule has 0 radical (unpaired) electrons. The van der Waals surface area contributed by atoms with E-state index in [1.807, 2.05) is 34.6 Å². The van der Waals surface area contributed by atoms with Gasteiger partial charge in [-0.25, -0.2) is 0 Å². The van der Waals surface area contributed by atoms with E-state index in [1.54, 1.807) is 4.90 Å². The number of nitrogens with two attached hydrogens (primary N) is 1. The van der Waals surface area contributed by atoms with E-state index in [4.69, 9.17) is 5.73 Å². The number of primary amides is 1. The van der Waals surface area contributed by atoms with Crippen molar-refractivity contribution in [3.05, 3.63) is 24.6 Å². The topological polar surface area (TPSA) is 117 Å². The molecule has 2 aliphatic rings. The van der Waals surface area contributed by atoms with Crippen molar-refractivity contribution in [3.63, 3.8) is 0 Å². The van der Waals surface area contributed by atoms with Crippen LogP contribution in [0.25, 0.3) is 0 Å². The van der Waals surface area contributed by atoms with Crippen LogP contribution in [-0.4, -0.2) is 53.3 Å². The second kappa shape index (κ2) is 20.2. The first-order valence-electron chi connectivity index (χ1n) is 18.9. The smallest absolute Gasteiger partial charge is 0.246 e. The van der Waals surface area contributed by atoms with Crippen LogP contribution in [0.3, 0.4) is 0 Å². The molecule has 0 aromatic rings. The van der Waals surface area contributed by atoms with Crippen LogP contribution in [0, 0.1) is 28.1 Å². The zero-order valence-corrected chi connectivity index (χ0v) is 33.7. The second-order valence-corrected chi connectivity index (χ2v) is 17.3. The molecule has 48 heavy (non-hydrogen) atoms. The molecule has 1 saturated carbocycles. The molecule has 0 aromatic heterocycles. The molecular formula is C40H77N5O3. The molecule has 8 nitrogen and oxygen atoms in total. The molecule has 2 fully saturated rings. The third-order valence-corrected chi connectivity index (χ3v) is 9.41. The number of nitrogens with zero attached hydrogens (tertiary/aromatic N) is 1. The van der Waals surface area contributed by atoms with E-state index in [0.717, 1.165) is 38.5 Å². The van der Waals surface area contributed by atoms with Gasteiger partial charge in [0.2, 0.25) is 17.7 Å². The Hall–Kier alpha value is -2.51. The summed E-state index contributed by atoms with van der Waals surface area (Å²) in [6.45, 7) is 38.5. The Morgan fingerprint density at radius 2 is 1.40 bits per heavy atom. The Morgan fingerprint density at radius 1 is 0.854 bits per heavy atom. The van der Waals surface area contributed by atoms with Crippen molar-refractivity contribution >= 4 is 17.7 Å². The summed E-state index contributed by atoms with van der Waals surface area (Å²) in [5.74, 6) is 0.323. The summed E-state index contributed by atoms with van der Waals surface area (Å²) in [7, 11) is 0. The van der Waals surface area contributed by atoms with E-state index in [-0.39, 0.29) is 40.2 Å². The average molecular weight is 676 g/mol. The van der Waals surface area contributed by atoms with Crippen molar-refractivity contribution in [2.45, 2.75) is 179 Å². The number of hydrogen-bond acceptors (Lipinski definition) is 5. The van der Waals surface area contributed by atoms with Gasteiger partial charge < -0.3 is 26.6 Å². The van der Waals surface area contributed by atoms with Gasteiger partial charge in [-0.15, -0.1) is 0 Å². The van der Waals surface area contributed by atoms with Crippen molar-refractivity contribution in [2.75, 3.05) is 6.54 Å². The molecule has 1 heterocycles. The zero-order valence-electron chi connectivity index (χ0n) is 33.7. The van der Waals surface area contributed by atoms with Crippen LogP contribution in [0.4, 0.5) is 0 Å². The molecule has 4 unspecified atom stereocenters. The van der Waals surface area contributed by atoms with Gasteiger partial charge in [0.1, 0.15) is 12.1 Å². The Labute approximate surface area is 296 Å². The number of rotatable bonds is 14. The van der Waals surface area contributed by atoms with Crippen molar-refractivity contribution < 1.29 is 14.4 Å². The van der Waals surface area contributed by atoms with E-state index in [2.05, 4.69) is 91.4 Å². The maximum Gasteiger partial charge on any atom is 0.246 e. The van der Waals surface area contributed by atoms with E-state index < -0.39 is 29.4 Å². The summed E-state index contributed by atoms with van der Waals surface area (Å²) in [6, 6.07) is -1.56. The molecule has 1 aliphatic carbocycles. The van der Waals surface area contributed by atoms with Gasteiger partial charge in [0.05, 0.1) is 11.9 Å². The lowest BCUT2D eigenvalue weighted by molar-refractivity contribution is -0.142. The lowest BCUT2D eigenvalue weighted by Crippen LogP contribution is -2.58. The maximum atomic E-state index is 14.3. The highest BCUT2D eigenvalue weighted by molar-refractivity contribution is 5.95. The number of carbonyl (C=O) groups excluding carboxylic acids is 3. The van der Waals surface area contributed by atoms with Crippen LogP contribution in [0.15, 0.2) is 24.6 Å². The number of nitrogens with one attached hydrogen (secondary N) is 3. The molecule has 0 spiro atoms. The maximum absolute atomic E-state index is 14.3. The first-order chi connectivity index (χ1) is 22.0. The molecule has 2 rings (SSSR count). The van der Waals surface area contributed by atoms with Gasteiger partial charge >= 0.3 is 0 Å². The Bertz CT molecular complexity index is 1030. The van der Waals surface area contributed by atoms with Crippen molar-refractivity contribution in [1.29, 1.82) is 0 Å². The van der Waals surface area contributed by atoms with Crippen LogP contribution in [0.1, 0.15) is 155 Å². The Balaban J connectivity index is 0.00000417. The average Bonchev–Trinajstić information content (AvgIpc) is 3.39. The van der Waals surface area contributed by atoms with Gasteiger partial charge in [-0.05, 0) is 53.8 Å². The fourth-order valence-corrected chi connectivity index (χ4v) is 6.04. The minimum absolute atomic E-state index is 0.00542. The standard InChI is InChI=1S/C35H63N5O3.C3H8.C2H6/c1-13-24-20-27(31(42)39-26(22(2)30(36)41)19-25-15-14-16-25)40(21-24)32(43)29(35(10,11)12)38-23(3)37-28(34(7,8)9)17-18-33(4,5)6;1-3-2;1-2/h24-29,37-38H,2-3,13-21H2,1,4-12H3,(H2,36,41)(H,39,42);3H2,1-2H3;1-2H3/t24-,26?,27?,28?,29?;;/m1../s1. The molecule has 1 aliphatic heterocycles. The molecule has 5 atom stereocenters. The monoisotopic (exact) mass is 676 g/mol. The Morgan fingerprint density at radius 3 is 1.79 bits per heavy atom. The summed E-state index contributed by atoms with van der Waals surface area (Å²) < 4.78 is 0. The van der Waals surface area contributed by atoms with Crippen LogP contribution in [0.5, 0.6) is 0 Å². The minimum Gasteiger partial charge on any atom is -0.369 e. The highest BCUT2D eigenvalue weighted by Gasteiger charge is 2.45. The third-order valence-electron chi connectivity index (χ3n) is 9.41. The molecule has 8 heteroatoms. The van der Waals surface area contributed by atoms with E-state index >= 15 is 0 Å². The summed E-state index contributed by atoms with van der Waals surface area (Å²) in [4.78, 5) is 41.9. The minimum atomic E-state index is -0.621. The second-order valence-electron chi connectivity index (χ2n) is 17.3. The van der Waals surface area contributed by atoms with Gasteiger partial charge in [0, 0.05) is 18.2 Å². The van der Waals surface area contributed by atoms with E-state index in [1.165, 1.54) is 6.42 Å². The van der Waals surface area contributed by atoms with E-state index in [0.29, 0.717) is 31.1 Å². The van der Waals surface area contributed by atoms with Gasteiger partial charge in [-0.2, -0.15) is 0 Å². The largest absolute Gasteiger partial charge is 0.369 e. The van der Waals surface area contributed by atoms with Crippen LogP contribution in [-0.2, 0) is 14.4 Å². The lowest BCUT2D eigenvalue weighted by atomic mass is 9.79. The SMILES string of the molecule is C=C(NC(CCC(C)(C)C)C(C)(C)C)NC(C(=O)N1C[C@H](CC)CC1C(=O)NC(CC1CCC1)C(=C)C(N)=O)C(C)(C)C.CC.CCC. The highest BCUT2D eigenvalue weighted by atomic mass is 16.2. The first kappa shape index (κ1) is 45.5. The highest BCUT2D eigenvalue weighted by Crippen LogP contribution is 2.34. The fourth-order valence-electron chi connectivity index (χ4n) is 6.04. The lowest BCUT2D eigenvalue weighted by Gasteiger charge is -2.39. The Kier molecular flexibility index (Phi) is 19.2. The molecule has 0 aromatic carbocycles. The van der Waals surface area contributed by atoms with E-state index in [9.17, 15) is 14.4 Å². The van der Waals surface area contributed by atoms with Crippen molar-refractivity contribution in [3.8, 4) is 0 Å². The quantitative estimate of drug-likeness (QED) is 0.139.